The van der Waals surface area contributed by atoms with Gasteiger partial charge < -0.3 is 14.8 Å². The summed E-state index contributed by atoms with van der Waals surface area (Å²) in [5.74, 6) is 1.59. The molecule has 2 aromatic rings. The highest BCUT2D eigenvalue weighted by molar-refractivity contribution is 5.57. The van der Waals surface area contributed by atoms with E-state index in [1.807, 2.05) is 24.3 Å². The number of aromatic amines is 1. The summed E-state index contributed by atoms with van der Waals surface area (Å²) in [5.41, 5.74) is 1.66. The van der Waals surface area contributed by atoms with E-state index in [1.54, 1.807) is 6.20 Å². The Balaban J connectivity index is 2.20. The van der Waals surface area contributed by atoms with Gasteiger partial charge in [0, 0.05) is 5.56 Å². The molecule has 0 bridgehead atoms. The fraction of sp³-hybridized carbons (Fsp3) is 0.308. The maximum Gasteiger partial charge on any atom is 0.137 e. The molecule has 2 N–H and O–H groups in total. The first kappa shape index (κ1) is 11.7. The van der Waals surface area contributed by atoms with Gasteiger partial charge in [0.15, 0.2) is 0 Å². The van der Waals surface area contributed by atoms with Gasteiger partial charge in [-0.25, -0.2) is 4.98 Å². The minimum atomic E-state index is -0.0287. The Bertz CT molecular complexity index is 480. The average molecular weight is 232 g/mol. The van der Waals surface area contributed by atoms with Crippen molar-refractivity contribution in [3.05, 3.63) is 36.2 Å². The Hall–Kier alpha value is -1.81. The summed E-state index contributed by atoms with van der Waals surface area (Å²) < 4.78 is 5.56. The van der Waals surface area contributed by atoms with E-state index in [1.165, 1.54) is 0 Å². The van der Waals surface area contributed by atoms with Crippen LogP contribution in [0.5, 0.6) is 5.75 Å². The molecule has 0 fully saturated rings. The standard InChI is InChI=1S/C13H16N2O2/c1-2-6-17-12-5-3-4-10(7-12)13-14-8-11(9-16)15-13/h3-5,7-8,16H,2,6,9H2,1H3,(H,14,15). The van der Waals surface area contributed by atoms with Crippen LogP contribution < -0.4 is 4.74 Å². The lowest BCUT2D eigenvalue weighted by molar-refractivity contribution is 0.277. The molecule has 0 atom stereocenters. The number of imidazole rings is 1. The summed E-state index contributed by atoms with van der Waals surface area (Å²) in [4.78, 5) is 7.25. The van der Waals surface area contributed by atoms with Crippen LogP contribution in [0.15, 0.2) is 30.5 Å². The van der Waals surface area contributed by atoms with Crippen molar-refractivity contribution in [2.45, 2.75) is 20.0 Å². The fourth-order valence-electron chi connectivity index (χ4n) is 1.54. The number of ether oxygens (including phenoxy) is 1. The van der Waals surface area contributed by atoms with Crippen LogP contribution in [0.3, 0.4) is 0 Å². The van der Waals surface area contributed by atoms with E-state index in [4.69, 9.17) is 9.84 Å². The number of nitrogens with one attached hydrogen (secondary N) is 1. The Morgan fingerprint density at radius 2 is 2.29 bits per heavy atom. The zero-order valence-corrected chi connectivity index (χ0v) is 9.81. The molecule has 0 spiro atoms. The number of rotatable bonds is 5. The Kier molecular flexibility index (Phi) is 3.77. The minimum absolute atomic E-state index is 0.0287. The summed E-state index contributed by atoms with van der Waals surface area (Å²) in [6.45, 7) is 2.76. The van der Waals surface area contributed by atoms with E-state index >= 15 is 0 Å². The maximum atomic E-state index is 8.97. The quantitative estimate of drug-likeness (QED) is 0.832. The first-order chi connectivity index (χ1) is 8.33. The molecule has 17 heavy (non-hydrogen) atoms. The van der Waals surface area contributed by atoms with Crippen LogP contribution in [-0.2, 0) is 6.61 Å². The Labute approximate surface area is 100 Å². The van der Waals surface area contributed by atoms with E-state index in [0.717, 1.165) is 23.6 Å². The van der Waals surface area contributed by atoms with Crippen molar-refractivity contribution < 1.29 is 9.84 Å². The predicted octanol–water partition coefficient (Wildman–Crippen LogP) is 2.36. The van der Waals surface area contributed by atoms with E-state index in [9.17, 15) is 0 Å². The summed E-state index contributed by atoms with van der Waals surface area (Å²) in [6, 6.07) is 7.75. The average Bonchev–Trinajstić information content (AvgIpc) is 2.85. The van der Waals surface area contributed by atoms with Crippen LogP contribution in [-0.4, -0.2) is 21.7 Å². The fourth-order valence-corrected chi connectivity index (χ4v) is 1.54. The number of aromatic nitrogens is 2. The molecule has 0 aliphatic carbocycles. The molecule has 1 aromatic heterocycles. The maximum absolute atomic E-state index is 8.97. The third-order valence-corrected chi connectivity index (χ3v) is 2.38. The smallest absolute Gasteiger partial charge is 0.137 e. The highest BCUT2D eigenvalue weighted by atomic mass is 16.5. The van der Waals surface area contributed by atoms with Crippen LogP contribution in [0.1, 0.15) is 19.0 Å². The van der Waals surface area contributed by atoms with Gasteiger partial charge in [0.2, 0.25) is 0 Å². The van der Waals surface area contributed by atoms with Crippen LogP contribution in [0.4, 0.5) is 0 Å². The van der Waals surface area contributed by atoms with Gasteiger partial charge >= 0.3 is 0 Å². The molecule has 0 amide bonds. The van der Waals surface area contributed by atoms with Gasteiger partial charge in [0.05, 0.1) is 25.1 Å². The molecule has 1 heterocycles. The second-order valence-corrected chi connectivity index (χ2v) is 3.79. The summed E-state index contributed by atoms with van der Waals surface area (Å²) >= 11 is 0. The number of hydrogen-bond acceptors (Lipinski definition) is 3. The van der Waals surface area contributed by atoms with Crippen molar-refractivity contribution >= 4 is 0 Å². The van der Waals surface area contributed by atoms with Crippen molar-refractivity contribution in [2.75, 3.05) is 6.61 Å². The van der Waals surface area contributed by atoms with Gasteiger partial charge in [-0.15, -0.1) is 0 Å². The van der Waals surface area contributed by atoms with Crippen molar-refractivity contribution in [1.29, 1.82) is 0 Å². The topological polar surface area (TPSA) is 58.1 Å². The van der Waals surface area contributed by atoms with Crippen molar-refractivity contribution in [3.8, 4) is 17.1 Å². The van der Waals surface area contributed by atoms with Gasteiger partial charge in [-0.05, 0) is 18.6 Å². The van der Waals surface area contributed by atoms with Crippen LogP contribution in [0, 0.1) is 0 Å². The number of hydrogen-bond donors (Lipinski definition) is 2. The molecule has 90 valence electrons. The largest absolute Gasteiger partial charge is 0.494 e. The Morgan fingerprint density at radius 3 is 3.00 bits per heavy atom. The summed E-state index contributed by atoms with van der Waals surface area (Å²) in [6.07, 6.45) is 2.62. The number of H-pyrrole nitrogens is 1. The molecule has 0 unspecified atom stereocenters. The molecule has 4 heteroatoms. The normalized spacial score (nSPS) is 10.5. The van der Waals surface area contributed by atoms with Gasteiger partial charge in [0.1, 0.15) is 11.6 Å². The van der Waals surface area contributed by atoms with Crippen molar-refractivity contribution in [3.63, 3.8) is 0 Å². The second kappa shape index (κ2) is 5.50. The SMILES string of the molecule is CCCOc1cccc(-c2ncc(CO)[nH]2)c1. The highest BCUT2D eigenvalue weighted by Gasteiger charge is 2.04. The number of aliphatic hydroxyl groups excluding tert-OH is 1. The first-order valence-electron chi connectivity index (χ1n) is 5.71. The zero-order chi connectivity index (χ0) is 12.1. The molecule has 2 rings (SSSR count). The third-order valence-electron chi connectivity index (χ3n) is 2.38. The molecule has 0 saturated heterocycles. The molecule has 0 radical (unpaired) electrons. The van der Waals surface area contributed by atoms with Crippen LogP contribution >= 0.6 is 0 Å². The zero-order valence-electron chi connectivity index (χ0n) is 9.81. The second-order valence-electron chi connectivity index (χ2n) is 3.79. The van der Waals surface area contributed by atoms with Gasteiger partial charge in [-0.3, -0.25) is 0 Å². The van der Waals surface area contributed by atoms with E-state index < -0.39 is 0 Å². The molecular weight excluding hydrogens is 216 g/mol. The van der Waals surface area contributed by atoms with Gasteiger partial charge in [0.25, 0.3) is 0 Å². The predicted molar refractivity (Wildman–Crippen MR) is 65.7 cm³/mol. The lowest BCUT2D eigenvalue weighted by Gasteiger charge is -2.05. The van der Waals surface area contributed by atoms with Crippen LogP contribution in [0.2, 0.25) is 0 Å². The van der Waals surface area contributed by atoms with E-state index in [-0.39, 0.29) is 6.61 Å². The minimum Gasteiger partial charge on any atom is -0.494 e. The van der Waals surface area contributed by atoms with Gasteiger partial charge in [-0.2, -0.15) is 0 Å². The molecule has 0 aliphatic rings. The number of aliphatic hydroxyl groups is 1. The molecule has 1 aromatic carbocycles. The van der Waals surface area contributed by atoms with Crippen molar-refractivity contribution in [1.82, 2.24) is 9.97 Å². The monoisotopic (exact) mass is 232 g/mol. The van der Waals surface area contributed by atoms with Crippen LogP contribution in [0.25, 0.3) is 11.4 Å². The molecule has 0 saturated carbocycles. The van der Waals surface area contributed by atoms with E-state index in [2.05, 4.69) is 16.9 Å². The third kappa shape index (κ3) is 2.85. The molecular formula is C13H16N2O2. The summed E-state index contributed by atoms with van der Waals surface area (Å²) in [7, 11) is 0. The molecule has 4 nitrogen and oxygen atoms in total. The first-order valence-corrected chi connectivity index (χ1v) is 5.71. The summed E-state index contributed by atoms with van der Waals surface area (Å²) in [5, 5.41) is 8.97. The van der Waals surface area contributed by atoms with Crippen molar-refractivity contribution in [2.24, 2.45) is 0 Å². The number of benzene rings is 1. The number of nitrogens with zero attached hydrogens (tertiary/aromatic N) is 1. The lowest BCUT2D eigenvalue weighted by atomic mass is 10.2. The molecule has 0 aliphatic heterocycles. The van der Waals surface area contributed by atoms with Gasteiger partial charge in [-0.1, -0.05) is 19.1 Å². The Morgan fingerprint density at radius 1 is 1.41 bits per heavy atom. The lowest BCUT2D eigenvalue weighted by Crippen LogP contribution is -1.95. The van der Waals surface area contributed by atoms with E-state index in [0.29, 0.717) is 12.3 Å². The highest BCUT2D eigenvalue weighted by Crippen LogP contribution is 2.21.